The molecule has 0 aliphatic rings. The summed E-state index contributed by atoms with van der Waals surface area (Å²) in [5, 5.41) is 3.33. The van der Waals surface area contributed by atoms with Gasteiger partial charge in [0.1, 0.15) is 10.5 Å². The van der Waals surface area contributed by atoms with Crippen LogP contribution in [-0.2, 0) is 21.0 Å². The van der Waals surface area contributed by atoms with Crippen LogP contribution in [0.2, 0.25) is 0 Å². The summed E-state index contributed by atoms with van der Waals surface area (Å²) in [4.78, 5) is 4.14. The highest BCUT2D eigenvalue weighted by molar-refractivity contribution is 7.91. The summed E-state index contributed by atoms with van der Waals surface area (Å²) in [6.07, 6.45) is 3.35. The molecule has 19 heavy (non-hydrogen) atoms. The van der Waals surface area contributed by atoms with Gasteiger partial charge in [0.05, 0.1) is 6.20 Å². The van der Waals surface area contributed by atoms with E-state index < -0.39 is 14.6 Å². The summed E-state index contributed by atoms with van der Waals surface area (Å²) >= 11 is 0. The standard InChI is InChI=1S/C13H24N2O3S/c1-12(2,3)15-8-7-11-14-9-10(18-11)13(4,5)19(6,16)17/h9,15H,7-8H2,1-6H3. The molecule has 0 bridgehead atoms. The van der Waals surface area contributed by atoms with Crippen LogP contribution in [-0.4, -0.2) is 31.7 Å². The summed E-state index contributed by atoms with van der Waals surface area (Å²) in [5.41, 5.74) is 0.0431. The van der Waals surface area contributed by atoms with Crippen LogP contribution in [0.5, 0.6) is 0 Å². The van der Waals surface area contributed by atoms with Crippen LogP contribution in [0.4, 0.5) is 0 Å². The smallest absolute Gasteiger partial charge is 0.195 e. The van der Waals surface area contributed by atoms with Crippen LogP contribution in [0.3, 0.4) is 0 Å². The molecule has 1 aromatic heterocycles. The van der Waals surface area contributed by atoms with Gasteiger partial charge in [-0.05, 0) is 34.6 Å². The molecule has 0 atom stereocenters. The Kier molecular flexibility index (Phi) is 4.47. The van der Waals surface area contributed by atoms with Gasteiger partial charge >= 0.3 is 0 Å². The number of aromatic nitrogens is 1. The Morgan fingerprint density at radius 3 is 2.32 bits per heavy atom. The number of nitrogens with zero attached hydrogens (tertiary/aromatic N) is 1. The molecular formula is C13H24N2O3S. The SMILES string of the molecule is CC(C)(C)NCCc1ncc(C(C)(C)S(C)(=O)=O)o1. The molecule has 0 fully saturated rings. The van der Waals surface area contributed by atoms with Crippen LogP contribution in [0.25, 0.3) is 0 Å². The lowest BCUT2D eigenvalue weighted by molar-refractivity contribution is 0.388. The molecule has 0 amide bonds. The highest BCUT2D eigenvalue weighted by atomic mass is 32.2. The monoisotopic (exact) mass is 288 g/mol. The van der Waals surface area contributed by atoms with E-state index in [2.05, 4.69) is 31.1 Å². The number of nitrogens with one attached hydrogen (secondary N) is 1. The van der Waals surface area contributed by atoms with E-state index in [0.29, 0.717) is 18.1 Å². The molecule has 0 spiro atoms. The van der Waals surface area contributed by atoms with Crippen molar-refractivity contribution in [3.05, 3.63) is 17.8 Å². The number of hydrogen-bond donors (Lipinski definition) is 1. The van der Waals surface area contributed by atoms with Crippen molar-refractivity contribution in [3.8, 4) is 0 Å². The maximum absolute atomic E-state index is 11.7. The van der Waals surface area contributed by atoms with Gasteiger partial charge in [0.25, 0.3) is 0 Å². The zero-order valence-electron chi connectivity index (χ0n) is 12.6. The average molecular weight is 288 g/mol. The third-order valence-electron chi connectivity index (χ3n) is 3.07. The summed E-state index contributed by atoms with van der Waals surface area (Å²) in [6, 6.07) is 0. The number of oxazole rings is 1. The van der Waals surface area contributed by atoms with E-state index in [1.807, 2.05) is 0 Å². The second-order valence-electron chi connectivity index (χ2n) is 6.33. The molecule has 1 heterocycles. The molecule has 0 aliphatic heterocycles. The minimum atomic E-state index is -3.24. The Morgan fingerprint density at radius 2 is 1.84 bits per heavy atom. The fraction of sp³-hybridized carbons (Fsp3) is 0.769. The van der Waals surface area contributed by atoms with Crippen LogP contribution in [0, 0.1) is 0 Å². The molecule has 5 nitrogen and oxygen atoms in total. The van der Waals surface area contributed by atoms with Gasteiger partial charge in [-0.2, -0.15) is 0 Å². The summed E-state index contributed by atoms with van der Waals surface area (Å²) < 4.78 is 27.9. The largest absolute Gasteiger partial charge is 0.444 e. The van der Waals surface area contributed by atoms with Crippen LogP contribution < -0.4 is 5.32 Å². The van der Waals surface area contributed by atoms with Crippen molar-refractivity contribution in [3.63, 3.8) is 0 Å². The molecule has 1 N–H and O–H groups in total. The predicted molar refractivity (Wildman–Crippen MR) is 75.8 cm³/mol. The van der Waals surface area contributed by atoms with Gasteiger partial charge in [-0.25, -0.2) is 13.4 Å². The molecule has 0 saturated carbocycles. The minimum absolute atomic E-state index is 0.0431. The van der Waals surface area contributed by atoms with Gasteiger partial charge in [-0.15, -0.1) is 0 Å². The van der Waals surface area contributed by atoms with Gasteiger partial charge < -0.3 is 9.73 Å². The van der Waals surface area contributed by atoms with Crippen molar-refractivity contribution in [2.75, 3.05) is 12.8 Å². The first-order chi connectivity index (χ1) is 8.43. The first-order valence-corrected chi connectivity index (χ1v) is 8.22. The van der Waals surface area contributed by atoms with Gasteiger partial charge in [0.15, 0.2) is 15.7 Å². The van der Waals surface area contributed by atoms with Gasteiger partial charge in [0.2, 0.25) is 0 Å². The van der Waals surface area contributed by atoms with E-state index in [1.54, 1.807) is 13.8 Å². The zero-order valence-corrected chi connectivity index (χ0v) is 13.4. The number of hydrogen-bond acceptors (Lipinski definition) is 5. The van der Waals surface area contributed by atoms with E-state index in [4.69, 9.17) is 4.42 Å². The number of rotatable bonds is 5. The third kappa shape index (κ3) is 4.31. The van der Waals surface area contributed by atoms with Gasteiger partial charge in [-0.1, -0.05) is 0 Å². The second-order valence-corrected chi connectivity index (χ2v) is 8.89. The Morgan fingerprint density at radius 1 is 1.26 bits per heavy atom. The fourth-order valence-corrected chi connectivity index (χ4v) is 1.89. The normalized spacial score (nSPS) is 13.8. The molecule has 6 heteroatoms. The highest BCUT2D eigenvalue weighted by Crippen LogP contribution is 2.29. The van der Waals surface area contributed by atoms with E-state index in [-0.39, 0.29) is 5.54 Å². The maximum atomic E-state index is 11.7. The van der Waals surface area contributed by atoms with Gasteiger partial charge in [0, 0.05) is 24.8 Å². The van der Waals surface area contributed by atoms with Crippen molar-refractivity contribution < 1.29 is 12.8 Å². The van der Waals surface area contributed by atoms with Gasteiger partial charge in [-0.3, -0.25) is 0 Å². The summed E-state index contributed by atoms with van der Waals surface area (Å²) in [7, 11) is -3.24. The Balaban J connectivity index is 2.73. The van der Waals surface area contributed by atoms with E-state index in [1.165, 1.54) is 12.5 Å². The van der Waals surface area contributed by atoms with E-state index >= 15 is 0 Å². The lowest BCUT2D eigenvalue weighted by Crippen LogP contribution is -2.37. The van der Waals surface area contributed by atoms with Crippen molar-refractivity contribution in [2.45, 2.75) is 51.3 Å². The fourth-order valence-electron chi connectivity index (χ4n) is 1.43. The molecule has 0 unspecified atom stereocenters. The quantitative estimate of drug-likeness (QED) is 0.895. The Hall–Kier alpha value is -0.880. The van der Waals surface area contributed by atoms with Crippen LogP contribution in [0.15, 0.2) is 10.6 Å². The third-order valence-corrected chi connectivity index (χ3v) is 5.12. The highest BCUT2D eigenvalue weighted by Gasteiger charge is 2.36. The lowest BCUT2D eigenvalue weighted by atomic mass is 10.1. The lowest BCUT2D eigenvalue weighted by Gasteiger charge is -2.20. The minimum Gasteiger partial charge on any atom is -0.444 e. The Labute approximate surface area is 115 Å². The zero-order chi connectivity index (χ0) is 14.9. The average Bonchev–Trinajstić information content (AvgIpc) is 2.62. The second kappa shape index (κ2) is 5.25. The first-order valence-electron chi connectivity index (χ1n) is 6.33. The molecule has 0 saturated heterocycles. The topological polar surface area (TPSA) is 72.2 Å². The predicted octanol–water partition coefficient (Wildman–Crippen LogP) is 1.88. The summed E-state index contributed by atoms with van der Waals surface area (Å²) in [5.74, 6) is 0.948. The van der Waals surface area contributed by atoms with Crippen molar-refractivity contribution in [1.82, 2.24) is 10.3 Å². The molecule has 1 aromatic rings. The molecule has 110 valence electrons. The summed E-state index contributed by atoms with van der Waals surface area (Å²) in [6.45, 7) is 10.2. The van der Waals surface area contributed by atoms with Crippen LogP contribution in [0.1, 0.15) is 46.3 Å². The van der Waals surface area contributed by atoms with Crippen molar-refractivity contribution in [2.24, 2.45) is 0 Å². The van der Waals surface area contributed by atoms with E-state index in [0.717, 1.165) is 6.54 Å². The Bertz CT molecular complexity index is 524. The molecule has 1 rings (SSSR count). The first kappa shape index (κ1) is 16.2. The molecule has 0 radical (unpaired) electrons. The van der Waals surface area contributed by atoms with Crippen LogP contribution >= 0.6 is 0 Å². The number of sulfone groups is 1. The maximum Gasteiger partial charge on any atom is 0.195 e. The van der Waals surface area contributed by atoms with Crippen molar-refractivity contribution in [1.29, 1.82) is 0 Å². The molecule has 0 aromatic carbocycles. The van der Waals surface area contributed by atoms with Crippen molar-refractivity contribution >= 4 is 9.84 Å². The van der Waals surface area contributed by atoms with E-state index in [9.17, 15) is 8.42 Å². The molecule has 0 aliphatic carbocycles. The molecular weight excluding hydrogens is 264 g/mol.